The van der Waals surface area contributed by atoms with E-state index in [0.717, 1.165) is 30.9 Å². The summed E-state index contributed by atoms with van der Waals surface area (Å²) in [6.07, 6.45) is 13.7. The van der Waals surface area contributed by atoms with E-state index in [1.807, 2.05) is 18.2 Å². The predicted octanol–water partition coefficient (Wildman–Crippen LogP) is 7.45. The topological polar surface area (TPSA) is 69.9 Å². The van der Waals surface area contributed by atoms with Crippen molar-refractivity contribution in [2.75, 3.05) is 0 Å². The fourth-order valence-electron chi connectivity index (χ4n) is 3.68. The van der Waals surface area contributed by atoms with Crippen LogP contribution in [0.3, 0.4) is 0 Å². The first-order valence-corrected chi connectivity index (χ1v) is 11.2. The lowest BCUT2D eigenvalue weighted by atomic mass is 9.82. The summed E-state index contributed by atoms with van der Waals surface area (Å²) in [5.74, 6) is -1.84. The van der Waals surface area contributed by atoms with Gasteiger partial charge in [-0.3, -0.25) is 0 Å². The third kappa shape index (κ3) is 6.64. The van der Waals surface area contributed by atoms with E-state index in [9.17, 15) is 14.4 Å². The standard InChI is InChI=1S/C29H30FNO3/c1-20-7-9-22(10-8-20)21-5-4-6-24(16-18-29(2,3)17-15-21)27(31-34)14-13-23-11-12-25(28(32)33)19-26(23)30/h4,6-16,19,34H,5,17-18H2,1-3H3,(H,32,33)/b6-4-,14-13+,21-15+,24-16+,31-27-. The molecule has 1 aliphatic carbocycles. The van der Waals surface area contributed by atoms with Gasteiger partial charge in [0.2, 0.25) is 0 Å². The molecule has 2 aromatic carbocycles. The molecule has 4 nitrogen and oxygen atoms in total. The van der Waals surface area contributed by atoms with Gasteiger partial charge in [0.1, 0.15) is 11.5 Å². The maximum Gasteiger partial charge on any atom is 0.335 e. The van der Waals surface area contributed by atoms with Crippen LogP contribution in [-0.2, 0) is 0 Å². The number of aromatic carboxylic acids is 1. The molecular formula is C29H30FNO3. The Hall–Kier alpha value is -3.73. The molecule has 0 amide bonds. The van der Waals surface area contributed by atoms with Gasteiger partial charge in [-0.15, -0.1) is 0 Å². The van der Waals surface area contributed by atoms with Crippen LogP contribution in [0, 0.1) is 18.2 Å². The fourth-order valence-corrected chi connectivity index (χ4v) is 3.68. The van der Waals surface area contributed by atoms with Crippen molar-refractivity contribution < 1.29 is 19.5 Å². The molecule has 0 radical (unpaired) electrons. The number of allylic oxidation sites excluding steroid dienone is 7. The largest absolute Gasteiger partial charge is 0.478 e. The van der Waals surface area contributed by atoms with Gasteiger partial charge < -0.3 is 10.3 Å². The molecule has 0 aromatic heterocycles. The molecule has 0 saturated carbocycles. The molecule has 2 aromatic rings. The molecule has 2 N–H and O–H groups in total. The molecule has 0 fully saturated rings. The van der Waals surface area contributed by atoms with Crippen molar-refractivity contribution >= 4 is 23.3 Å². The molecule has 0 atom stereocenters. The lowest BCUT2D eigenvalue weighted by Gasteiger charge is -2.23. The van der Waals surface area contributed by atoms with Crippen molar-refractivity contribution in [3.05, 3.63) is 106 Å². The number of carbonyl (C=O) groups is 1. The van der Waals surface area contributed by atoms with Crippen LogP contribution in [0.15, 0.2) is 83.6 Å². The third-order valence-electron chi connectivity index (χ3n) is 5.90. The van der Waals surface area contributed by atoms with E-state index in [1.54, 1.807) is 0 Å². The summed E-state index contributed by atoms with van der Waals surface area (Å²) >= 11 is 0. The summed E-state index contributed by atoms with van der Waals surface area (Å²) in [6, 6.07) is 12.2. The first-order chi connectivity index (χ1) is 16.2. The molecule has 0 heterocycles. The van der Waals surface area contributed by atoms with Gasteiger partial charge in [-0.1, -0.05) is 79.2 Å². The second kappa shape index (κ2) is 10.9. The number of halogens is 1. The first kappa shape index (κ1) is 24.9. The van der Waals surface area contributed by atoms with Gasteiger partial charge in [0.15, 0.2) is 0 Å². The normalized spacial score (nSPS) is 20.8. The Kier molecular flexibility index (Phi) is 8.00. The smallest absolute Gasteiger partial charge is 0.335 e. The second-order valence-corrected chi connectivity index (χ2v) is 9.29. The fraction of sp³-hybridized carbons (Fsp3) is 0.241. The van der Waals surface area contributed by atoms with Crippen LogP contribution < -0.4 is 0 Å². The van der Waals surface area contributed by atoms with E-state index >= 15 is 0 Å². The molecule has 0 bridgehead atoms. The quantitative estimate of drug-likeness (QED) is 0.277. The number of nitrogens with zero attached hydrogens (tertiary/aromatic N) is 1. The van der Waals surface area contributed by atoms with Crippen molar-refractivity contribution in [3.63, 3.8) is 0 Å². The van der Waals surface area contributed by atoms with Gasteiger partial charge >= 0.3 is 5.97 Å². The van der Waals surface area contributed by atoms with Gasteiger partial charge in [0.25, 0.3) is 0 Å². The Morgan fingerprint density at radius 3 is 2.44 bits per heavy atom. The highest BCUT2D eigenvalue weighted by Gasteiger charge is 2.17. The van der Waals surface area contributed by atoms with E-state index in [4.69, 9.17) is 5.11 Å². The summed E-state index contributed by atoms with van der Waals surface area (Å²) in [7, 11) is 0. The third-order valence-corrected chi connectivity index (χ3v) is 5.90. The van der Waals surface area contributed by atoms with Gasteiger partial charge in [0.05, 0.1) is 5.56 Å². The number of rotatable bonds is 5. The van der Waals surface area contributed by atoms with Gasteiger partial charge in [0, 0.05) is 5.56 Å². The average Bonchev–Trinajstić information content (AvgIpc) is 2.80. The zero-order valence-corrected chi connectivity index (χ0v) is 19.8. The van der Waals surface area contributed by atoms with Crippen LogP contribution in [0.1, 0.15) is 60.2 Å². The Balaban J connectivity index is 1.88. The lowest BCUT2D eigenvalue weighted by molar-refractivity contribution is 0.0696. The Morgan fingerprint density at radius 1 is 1.09 bits per heavy atom. The van der Waals surface area contributed by atoms with Crippen molar-refractivity contribution in [1.82, 2.24) is 0 Å². The summed E-state index contributed by atoms with van der Waals surface area (Å²) in [5.41, 5.74) is 4.77. The Morgan fingerprint density at radius 2 is 1.79 bits per heavy atom. The highest BCUT2D eigenvalue weighted by molar-refractivity contribution is 6.12. The Labute approximate surface area is 200 Å². The van der Waals surface area contributed by atoms with Gasteiger partial charge in [-0.2, -0.15) is 0 Å². The lowest BCUT2D eigenvalue weighted by Crippen LogP contribution is -2.10. The highest BCUT2D eigenvalue weighted by Crippen LogP contribution is 2.31. The summed E-state index contributed by atoms with van der Waals surface area (Å²) in [5, 5.41) is 22.1. The molecule has 176 valence electrons. The summed E-state index contributed by atoms with van der Waals surface area (Å²) in [6.45, 7) is 6.46. The number of carboxylic acid groups (broad SMARTS) is 1. The molecule has 0 spiro atoms. The van der Waals surface area contributed by atoms with Crippen LogP contribution in [-0.4, -0.2) is 22.0 Å². The van der Waals surface area contributed by atoms with Crippen LogP contribution in [0.2, 0.25) is 0 Å². The van der Waals surface area contributed by atoms with Crippen molar-refractivity contribution in [1.29, 1.82) is 0 Å². The predicted molar refractivity (Wildman–Crippen MR) is 136 cm³/mol. The molecule has 3 rings (SSSR count). The maximum atomic E-state index is 14.3. The van der Waals surface area contributed by atoms with Crippen LogP contribution in [0.4, 0.5) is 4.39 Å². The van der Waals surface area contributed by atoms with Crippen LogP contribution in [0.25, 0.3) is 11.6 Å². The minimum atomic E-state index is -1.19. The average molecular weight is 460 g/mol. The number of carboxylic acids is 1. The number of hydrogen-bond acceptors (Lipinski definition) is 3. The number of hydrogen-bond donors (Lipinski definition) is 2. The zero-order chi connectivity index (χ0) is 24.7. The van der Waals surface area contributed by atoms with Crippen molar-refractivity contribution in [2.45, 2.75) is 40.0 Å². The SMILES string of the molecule is Cc1ccc(/C2=C/CC(C)(C)C/C=C(C(/C=C/c3ccc(C(=O)O)cc3F)=N\O)\C=C/C2)cc1. The van der Waals surface area contributed by atoms with Gasteiger partial charge in [-0.05, 0) is 72.6 Å². The maximum absolute atomic E-state index is 14.3. The van der Waals surface area contributed by atoms with E-state index in [-0.39, 0.29) is 16.5 Å². The number of benzene rings is 2. The highest BCUT2D eigenvalue weighted by atomic mass is 19.1. The van der Waals surface area contributed by atoms with E-state index in [1.165, 1.54) is 41.0 Å². The van der Waals surface area contributed by atoms with Crippen LogP contribution >= 0.6 is 0 Å². The van der Waals surface area contributed by atoms with E-state index in [2.05, 4.69) is 56.3 Å². The van der Waals surface area contributed by atoms with Crippen LogP contribution in [0.5, 0.6) is 0 Å². The molecule has 0 unspecified atom stereocenters. The number of aryl methyl sites for hydroxylation is 1. The van der Waals surface area contributed by atoms with Crippen molar-refractivity contribution in [3.8, 4) is 0 Å². The van der Waals surface area contributed by atoms with E-state index in [0.29, 0.717) is 5.71 Å². The van der Waals surface area contributed by atoms with E-state index < -0.39 is 11.8 Å². The van der Waals surface area contributed by atoms with Gasteiger partial charge in [-0.25, -0.2) is 9.18 Å². The first-order valence-electron chi connectivity index (χ1n) is 11.2. The molecule has 1 aliphatic rings. The zero-order valence-electron chi connectivity index (χ0n) is 19.8. The minimum absolute atomic E-state index is 0.00454. The Bertz CT molecular complexity index is 1200. The molecule has 5 heteroatoms. The molecule has 0 aliphatic heterocycles. The minimum Gasteiger partial charge on any atom is -0.478 e. The molecule has 34 heavy (non-hydrogen) atoms. The molecular weight excluding hydrogens is 429 g/mol. The summed E-state index contributed by atoms with van der Waals surface area (Å²) < 4.78 is 14.3. The molecule has 0 saturated heterocycles. The number of oxime groups is 1. The second-order valence-electron chi connectivity index (χ2n) is 9.29. The monoisotopic (exact) mass is 459 g/mol. The summed E-state index contributed by atoms with van der Waals surface area (Å²) in [4.78, 5) is 11.0. The van der Waals surface area contributed by atoms with Crippen molar-refractivity contribution in [2.24, 2.45) is 10.6 Å².